The molecule has 1 amide bonds. The van der Waals surface area contributed by atoms with Crippen molar-refractivity contribution in [2.24, 2.45) is 0 Å². The summed E-state index contributed by atoms with van der Waals surface area (Å²) in [6.07, 6.45) is 1.61. The summed E-state index contributed by atoms with van der Waals surface area (Å²) < 4.78 is 5.14. The Hall–Kier alpha value is -2.86. The second kappa shape index (κ2) is 7.36. The summed E-state index contributed by atoms with van der Waals surface area (Å²) in [7, 11) is 3.32. The highest BCUT2D eigenvalue weighted by atomic mass is 35.5. The van der Waals surface area contributed by atoms with Crippen molar-refractivity contribution < 1.29 is 9.53 Å². The van der Waals surface area contributed by atoms with Gasteiger partial charge in [0, 0.05) is 30.9 Å². The van der Waals surface area contributed by atoms with Gasteiger partial charge in [-0.05, 0) is 36.4 Å². The minimum absolute atomic E-state index is 0.174. The lowest BCUT2D eigenvalue weighted by Crippen LogP contribution is -2.26. The van der Waals surface area contributed by atoms with E-state index >= 15 is 0 Å². The van der Waals surface area contributed by atoms with E-state index in [0.717, 1.165) is 16.9 Å². The molecular formula is C18H17ClN4O2. The number of nitrogens with one attached hydrogen (secondary N) is 1. The average molecular weight is 357 g/mol. The Bertz CT molecular complexity index is 877. The van der Waals surface area contributed by atoms with Gasteiger partial charge < -0.3 is 9.64 Å². The molecule has 2 heterocycles. The van der Waals surface area contributed by atoms with Gasteiger partial charge in [-0.25, -0.2) is 4.98 Å². The fourth-order valence-corrected chi connectivity index (χ4v) is 2.59. The summed E-state index contributed by atoms with van der Waals surface area (Å²) in [4.78, 5) is 18.2. The zero-order valence-electron chi connectivity index (χ0n) is 13.9. The van der Waals surface area contributed by atoms with Crippen LogP contribution < -0.4 is 4.74 Å². The first-order valence-electron chi connectivity index (χ1n) is 7.63. The number of carbonyl (C=O) groups excluding carboxylic acids is 1. The molecule has 7 heteroatoms. The molecule has 1 N–H and O–H groups in total. The lowest BCUT2D eigenvalue weighted by molar-refractivity contribution is 0.0779. The summed E-state index contributed by atoms with van der Waals surface area (Å²) in [6.45, 7) is 0.363. The topological polar surface area (TPSA) is 71.1 Å². The number of pyridine rings is 1. The molecule has 0 saturated carbocycles. The van der Waals surface area contributed by atoms with Gasteiger partial charge >= 0.3 is 0 Å². The first-order chi connectivity index (χ1) is 12.1. The SMILES string of the molecule is COc1ccc(-c2cc(C(=O)N(C)Cc3cccnc3Cl)[nH]n2)cc1. The predicted octanol–water partition coefficient (Wildman–Crippen LogP) is 3.41. The molecule has 6 nitrogen and oxygen atoms in total. The third-order valence-corrected chi connectivity index (χ3v) is 4.12. The van der Waals surface area contributed by atoms with Gasteiger partial charge in [0.1, 0.15) is 16.6 Å². The molecule has 0 aliphatic heterocycles. The van der Waals surface area contributed by atoms with Crippen molar-refractivity contribution in [2.45, 2.75) is 6.54 Å². The highest BCUT2D eigenvalue weighted by Gasteiger charge is 2.17. The number of hydrogen-bond donors (Lipinski definition) is 1. The zero-order chi connectivity index (χ0) is 17.8. The largest absolute Gasteiger partial charge is 0.497 e. The van der Waals surface area contributed by atoms with E-state index in [0.29, 0.717) is 23.1 Å². The van der Waals surface area contributed by atoms with Gasteiger partial charge in [0.25, 0.3) is 5.91 Å². The molecule has 0 unspecified atom stereocenters. The number of nitrogens with zero attached hydrogens (tertiary/aromatic N) is 3. The standard InChI is InChI=1S/C18H17ClN4O2/c1-23(11-13-4-3-9-20-17(13)19)18(24)16-10-15(21-22-16)12-5-7-14(25-2)8-6-12/h3-10H,11H2,1-2H3,(H,21,22). The molecule has 3 rings (SSSR count). The number of aromatic amines is 1. The summed E-state index contributed by atoms with van der Waals surface area (Å²) in [5.74, 6) is 0.593. The molecule has 0 aliphatic rings. The molecule has 0 bridgehead atoms. The van der Waals surface area contributed by atoms with Crippen LogP contribution in [0.3, 0.4) is 0 Å². The second-order valence-corrected chi connectivity index (χ2v) is 5.87. The molecule has 128 valence electrons. The second-order valence-electron chi connectivity index (χ2n) is 5.51. The van der Waals surface area contributed by atoms with E-state index < -0.39 is 0 Å². The van der Waals surface area contributed by atoms with Crippen LogP contribution in [0, 0.1) is 0 Å². The number of amides is 1. The Morgan fingerprint density at radius 3 is 2.72 bits per heavy atom. The molecule has 1 aromatic carbocycles. The van der Waals surface area contributed by atoms with Gasteiger partial charge in [-0.1, -0.05) is 17.7 Å². The fourth-order valence-electron chi connectivity index (χ4n) is 2.41. The lowest BCUT2D eigenvalue weighted by Gasteiger charge is -2.16. The number of aromatic nitrogens is 3. The maximum atomic E-state index is 12.6. The van der Waals surface area contributed by atoms with Crippen molar-refractivity contribution in [1.82, 2.24) is 20.1 Å². The van der Waals surface area contributed by atoms with Crippen LogP contribution in [0.25, 0.3) is 11.3 Å². The Balaban J connectivity index is 1.74. The maximum absolute atomic E-state index is 12.6. The Morgan fingerprint density at radius 2 is 2.04 bits per heavy atom. The first kappa shape index (κ1) is 17.0. The van der Waals surface area contributed by atoms with Crippen LogP contribution in [0.5, 0.6) is 5.75 Å². The third-order valence-electron chi connectivity index (χ3n) is 3.78. The van der Waals surface area contributed by atoms with E-state index in [-0.39, 0.29) is 5.91 Å². The van der Waals surface area contributed by atoms with Crippen LogP contribution in [0.2, 0.25) is 5.15 Å². The number of benzene rings is 1. The molecule has 3 aromatic rings. The lowest BCUT2D eigenvalue weighted by atomic mass is 10.1. The highest BCUT2D eigenvalue weighted by Crippen LogP contribution is 2.22. The predicted molar refractivity (Wildman–Crippen MR) is 95.6 cm³/mol. The molecule has 0 aliphatic carbocycles. The highest BCUT2D eigenvalue weighted by molar-refractivity contribution is 6.30. The maximum Gasteiger partial charge on any atom is 0.271 e. The van der Waals surface area contributed by atoms with Crippen molar-refractivity contribution >= 4 is 17.5 Å². The Labute approximate surface area is 150 Å². The monoisotopic (exact) mass is 356 g/mol. The van der Waals surface area contributed by atoms with Gasteiger partial charge in [0.05, 0.1) is 12.8 Å². The number of halogens is 1. The Kier molecular flexibility index (Phi) is 5.00. The number of carbonyl (C=O) groups is 1. The van der Waals surface area contributed by atoms with Crippen molar-refractivity contribution in [3.05, 3.63) is 65.1 Å². The minimum atomic E-state index is -0.174. The van der Waals surface area contributed by atoms with Gasteiger partial charge in [-0.2, -0.15) is 5.10 Å². The molecule has 0 saturated heterocycles. The van der Waals surface area contributed by atoms with E-state index in [4.69, 9.17) is 16.3 Å². The normalized spacial score (nSPS) is 10.5. The smallest absolute Gasteiger partial charge is 0.271 e. The quantitative estimate of drug-likeness (QED) is 0.711. The van der Waals surface area contributed by atoms with E-state index in [9.17, 15) is 4.79 Å². The Morgan fingerprint density at radius 1 is 1.28 bits per heavy atom. The number of H-pyrrole nitrogens is 1. The van der Waals surface area contributed by atoms with Crippen LogP contribution >= 0.6 is 11.6 Å². The molecule has 0 spiro atoms. The van der Waals surface area contributed by atoms with E-state index in [1.807, 2.05) is 30.3 Å². The summed E-state index contributed by atoms with van der Waals surface area (Å²) in [5.41, 5.74) is 2.79. The first-order valence-corrected chi connectivity index (χ1v) is 8.01. The molecule has 25 heavy (non-hydrogen) atoms. The summed E-state index contributed by atoms with van der Waals surface area (Å²) in [5, 5.41) is 7.41. The van der Waals surface area contributed by atoms with Crippen LogP contribution in [0.15, 0.2) is 48.7 Å². The zero-order valence-corrected chi connectivity index (χ0v) is 14.6. The molecule has 0 atom stereocenters. The number of ether oxygens (including phenoxy) is 1. The summed E-state index contributed by atoms with van der Waals surface area (Å²) >= 11 is 6.05. The van der Waals surface area contributed by atoms with Gasteiger partial charge in [0.2, 0.25) is 0 Å². The van der Waals surface area contributed by atoms with Gasteiger partial charge in [0.15, 0.2) is 0 Å². The van der Waals surface area contributed by atoms with Crippen molar-refractivity contribution in [3.63, 3.8) is 0 Å². The van der Waals surface area contributed by atoms with E-state index in [1.54, 1.807) is 37.4 Å². The average Bonchev–Trinajstić information content (AvgIpc) is 3.13. The van der Waals surface area contributed by atoms with Gasteiger partial charge in [-0.3, -0.25) is 9.89 Å². The third kappa shape index (κ3) is 3.80. The van der Waals surface area contributed by atoms with Crippen LogP contribution in [0.4, 0.5) is 0 Å². The fraction of sp³-hybridized carbons (Fsp3) is 0.167. The van der Waals surface area contributed by atoms with Crippen LogP contribution in [0.1, 0.15) is 16.1 Å². The number of methoxy groups -OCH3 is 1. The number of rotatable bonds is 5. The van der Waals surface area contributed by atoms with Crippen molar-refractivity contribution in [1.29, 1.82) is 0 Å². The van der Waals surface area contributed by atoms with E-state index in [1.165, 1.54) is 0 Å². The summed E-state index contributed by atoms with van der Waals surface area (Å²) in [6, 6.07) is 12.8. The molecule has 0 radical (unpaired) electrons. The molecule has 2 aromatic heterocycles. The van der Waals surface area contributed by atoms with Crippen LogP contribution in [-0.4, -0.2) is 40.1 Å². The van der Waals surface area contributed by atoms with E-state index in [2.05, 4.69) is 15.2 Å². The number of hydrogen-bond acceptors (Lipinski definition) is 4. The van der Waals surface area contributed by atoms with Crippen molar-refractivity contribution in [2.75, 3.05) is 14.2 Å². The molecular weight excluding hydrogens is 340 g/mol. The van der Waals surface area contributed by atoms with Crippen LogP contribution in [-0.2, 0) is 6.54 Å². The minimum Gasteiger partial charge on any atom is -0.497 e. The molecule has 0 fully saturated rings. The van der Waals surface area contributed by atoms with Crippen molar-refractivity contribution in [3.8, 4) is 17.0 Å². The van der Waals surface area contributed by atoms with Gasteiger partial charge in [-0.15, -0.1) is 0 Å².